The molecule has 0 aliphatic carbocycles. The summed E-state index contributed by atoms with van der Waals surface area (Å²) in [5, 5.41) is 16.0. The number of aryl methyl sites for hydroxylation is 5. The SMILES string of the molecule is CCC(Oc1ccc(C)cc1C)C(=O)Nc1c(C)cc(C)c(-c2nnc3c(Cl)c(Cc4ccc(C)cc4)[nH]n23)c1C. The maximum Gasteiger partial charge on any atom is 0.265 e. The molecule has 0 aliphatic heterocycles. The van der Waals surface area contributed by atoms with Crippen molar-refractivity contribution < 1.29 is 9.53 Å². The number of anilines is 1. The first-order chi connectivity index (χ1) is 19.6. The maximum atomic E-state index is 13.5. The number of H-pyrrole nitrogens is 1. The van der Waals surface area contributed by atoms with Crippen LogP contribution in [-0.2, 0) is 11.2 Å². The number of benzene rings is 3. The molecule has 1 amide bonds. The van der Waals surface area contributed by atoms with Gasteiger partial charge < -0.3 is 10.1 Å². The Bertz CT molecular complexity index is 1750. The van der Waals surface area contributed by atoms with E-state index in [4.69, 9.17) is 16.3 Å². The number of hydrogen-bond donors (Lipinski definition) is 2. The van der Waals surface area contributed by atoms with E-state index in [1.165, 1.54) is 5.56 Å². The van der Waals surface area contributed by atoms with Crippen LogP contribution in [0.3, 0.4) is 0 Å². The maximum absolute atomic E-state index is 13.5. The Kier molecular flexibility index (Phi) is 7.91. The van der Waals surface area contributed by atoms with Crippen LogP contribution in [0.2, 0.25) is 5.02 Å². The zero-order chi connectivity index (χ0) is 29.4. The molecule has 7 nitrogen and oxygen atoms in total. The summed E-state index contributed by atoms with van der Waals surface area (Å²) >= 11 is 6.76. The number of aromatic amines is 1. The van der Waals surface area contributed by atoms with Crippen LogP contribution >= 0.6 is 11.6 Å². The van der Waals surface area contributed by atoms with E-state index >= 15 is 0 Å². The Morgan fingerprint density at radius 3 is 2.34 bits per heavy atom. The highest BCUT2D eigenvalue weighted by Crippen LogP contribution is 2.35. The lowest BCUT2D eigenvalue weighted by atomic mass is 9.96. The number of hydrogen-bond acceptors (Lipinski definition) is 4. The first-order valence-corrected chi connectivity index (χ1v) is 14.3. The van der Waals surface area contributed by atoms with E-state index in [-0.39, 0.29) is 5.91 Å². The number of nitrogens with zero attached hydrogens (tertiary/aromatic N) is 3. The zero-order valence-electron chi connectivity index (χ0n) is 24.6. The van der Waals surface area contributed by atoms with Gasteiger partial charge in [-0.3, -0.25) is 9.89 Å². The summed E-state index contributed by atoms with van der Waals surface area (Å²) in [6.07, 6.45) is 0.547. The Balaban J connectivity index is 1.47. The Hall–Kier alpha value is -4.10. The number of aromatic nitrogens is 4. The summed E-state index contributed by atoms with van der Waals surface area (Å²) in [5.74, 6) is 1.16. The van der Waals surface area contributed by atoms with Gasteiger partial charge in [0.2, 0.25) is 0 Å². The fourth-order valence-corrected chi connectivity index (χ4v) is 5.60. The molecule has 1 unspecified atom stereocenters. The number of carbonyl (C=O) groups is 1. The third kappa shape index (κ3) is 5.59. The van der Waals surface area contributed by atoms with Gasteiger partial charge in [0.15, 0.2) is 17.6 Å². The van der Waals surface area contributed by atoms with Crippen LogP contribution in [0.5, 0.6) is 5.75 Å². The summed E-state index contributed by atoms with van der Waals surface area (Å²) in [6.45, 7) is 14.1. The molecule has 8 heteroatoms. The van der Waals surface area contributed by atoms with Crippen LogP contribution in [-0.4, -0.2) is 31.8 Å². The van der Waals surface area contributed by atoms with Crippen molar-refractivity contribution in [3.8, 4) is 17.1 Å². The smallest absolute Gasteiger partial charge is 0.265 e. The standard InChI is InChI=1S/C33H36ClN5O2/c1-8-26(41-27-14-11-19(3)15-20(27)4)33(40)35-30-22(6)16-21(5)28(23(30)7)31-36-37-32-29(34)25(38-39(31)32)17-24-12-9-18(2)10-13-24/h9-16,26,38H,8,17H2,1-7H3,(H,35,40). The van der Waals surface area contributed by atoms with Gasteiger partial charge in [0, 0.05) is 17.7 Å². The van der Waals surface area contributed by atoms with E-state index in [2.05, 4.69) is 63.9 Å². The molecule has 0 saturated carbocycles. The second-order valence-electron chi connectivity index (χ2n) is 10.9. The summed E-state index contributed by atoms with van der Waals surface area (Å²) in [5.41, 5.74) is 10.5. The van der Waals surface area contributed by atoms with Gasteiger partial charge in [-0.1, -0.05) is 72.1 Å². The number of rotatable bonds is 8. The molecule has 2 N–H and O–H groups in total. The van der Waals surface area contributed by atoms with E-state index in [1.54, 1.807) is 0 Å². The lowest BCUT2D eigenvalue weighted by Crippen LogP contribution is -2.33. The molecule has 0 saturated heterocycles. The topological polar surface area (TPSA) is 84.3 Å². The van der Waals surface area contributed by atoms with Crippen LogP contribution in [0.15, 0.2) is 48.5 Å². The molecular formula is C33H36ClN5O2. The van der Waals surface area contributed by atoms with E-state index in [0.29, 0.717) is 35.1 Å². The average Bonchev–Trinajstić information content (AvgIpc) is 3.47. The molecule has 0 fully saturated rings. The van der Waals surface area contributed by atoms with Gasteiger partial charge in [-0.25, -0.2) is 4.52 Å². The fourth-order valence-electron chi connectivity index (χ4n) is 5.37. The van der Waals surface area contributed by atoms with Gasteiger partial charge in [0.25, 0.3) is 5.91 Å². The third-order valence-corrected chi connectivity index (χ3v) is 7.98. The van der Waals surface area contributed by atoms with Crippen LogP contribution in [0.1, 0.15) is 58.0 Å². The van der Waals surface area contributed by atoms with Crippen molar-refractivity contribution in [3.05, 3.63) is 98.2 Å². The molecular weight excluding hydrogens is 534 g/mol. The fraction of sp³-hybridized carbons (Fsp3) is 0.303. The molecule has 5 rings (SSSR count). The number of nitrogens with one attached hydrogen (secondary N) is 2. The molecule has 0 spiro atoms. The third-order valence-electron chi connectivity index (χ3n) is 7.58. The largest absolute Gasteiger partial charge is 0.480 e. The molecule has 0 radical (unpaired) electrons. The van der Waals surface area contributed by atoms with Gasteiger partial charge in [0.05, 0.1) is 5.69 Å². The van der Waals surface area contributed by atoms with Crippen molar-refractivity contribution in [2.24, 2.45) is 0 Å². The number of halogens is 1. The minimum absolute atomic E-state index is 0.192. The number of amides is 1. The van der Waals surface area contributed by atoms with Crippen molar-refractivity contribution in [1.82, 2.24) is 19.8 Å². The van der Waals surface area contributed by atoms with Crippen molar-refractivity contribution in [3.63, 3.8) is 0 Å². The molecule has 0 bridgehead atoms. The zero-order valence-corrected chi connectivity index (χ0v) is 25.4. The van der Waals surface area contributed by atoms with Crippen LogP contribution < -0.4 is 10.1 Å². The minimum Gasteiger partial charge on any atom is -0.480 e. The molecule has 1 atom stereocenters. The second kappa shape index (κ2) is 11.4. The normalized spacial score (nSPS) is 12.1. The Morgan fingerprint density at radius 2 is 1.66 bits per heavy atom. The first kappa shape index (κ1) is 28.4. The van der Waals surface area contributed by atoms with Gasteiger partial charge >= 0.3 is 0 Å². The first-order valence-electron chi connectivity index (χ1n) is 13.9. The molecule has 2 heterocycles. The minimum atomic E-state index is -0.633. The molecule has 2 aromatic heterocycles. The second-order valence-corrected chi connectivity index (χ2v) is 11.3. The summed E-state index contributed by atoms with van der Waals surface area (Å²) in [4.78, 5) is 13.5. The van der Waals surface area contributed by atoms with Crippen LogP contribution in [0.25, 0.3) is 17.0 Å². The summed E-state index contributed by atoms with van der Waals surface area (Å²) < 4.78 is 7.99. The molecule has 3 aromatic carbocycles. The highest BCUT2D eigenvalue weighted by molar-refractivity contribution is 6.34. The monoisotopic (exact) mass is 569 g/mol. The van der Waals surface area contributed by atoms with Gasteiger partial charge in [-0.2, -0.15) is 0 Å². The van der Waals surface area contributed by atoms with E-state index in [1.807, 2.05) is 58.2 Å². The molecule has 41 heavy (non-hydrogen) atoms. The van der Waals surface area contributed by atoms with E-state index < -0.39 is 6.10 Å². The van der Waals surface area contributed by atoms with Gasteiger partial charge in [-0.05, 0) is 81.8 Å². The highest BCUT2D eigenvalue weighted by atomic mass is 35.5. The molecule has 5 aromatic rings. The number of fused-ring (bicyclic) bond motifs is 1. The molecule has 0 aliphatic rings. The quantitative estimate of drug-likeness (QED) is 0.201. The van der Waals surface area contributed by atoms with Gasteiger partial charge in [0.1, 0.15) is 10.8 Å². The number of carbonyl (C=O) groups excluding carboxylic acids is 1. The van der Waals surface area contributed by atoms with Crippen LogP contribution in [0, 0.1) is 41.5 Å². The van der Waals surface area contributed by atoms with Crippen molar-refractivity contribution in [1.29, 1.82) is 0 Å². The van der Waals surface area contributed by atoms with E-state index in [9.17, 15) is 4.79 Å². The predicted octanol–water partition coefficient (Wildman–Crippen LogP) is 7.62. The average molecular weight is 570 g/mol. The Morgan fingerprint density at radius 1 is 0.951 bits per heavy atom. The Labute approximate surface area is 245 Å². The lowest BCUT2D eigenvalue weighted by Gasteiger charge is -2.22. The predicted molar refractivity (Wildman–Crippen MR) is 165 cm³/mol. The highest BCUT2D eigenvalue weighted by Gasteiger charge is 2.25. The van der Waals surface area contributed by atoms with Crippen molar-refractivity contribution >= 4 is 28.8 Å². The summed E-state index contributed by atoms with van der Waals surface area (Å²) in [6, 6.07) is 16.4. The van der Waals surface area contributed by atoms with Crippen LogP contribution in [0.4, 0.5) is 5.69 Å². The van der Waals surface area contributed by atoms with E-state index in [0.717, 1.165) is 50.3 Å². The van der Waals surface area contributed by atoms with Crippen molar-refractivity contribution in [2.75, 3.05) is 5.32 Å². The summed E-state index contributed by atoms with van der Waals surface area (Å²) in [7, 11) is 0. The number of ether oxygens (including phenoxy) is 1. The van der Waals surface area contributed by atoms with Gasteiger partial charge in [-0.15, -0.1) is 10.2 Å². The molecule has 212 valence electrons. The van der Waals surface area contributed by atoms with Crippen molar-refractivity contribution in [2.45, 2.75) is 67.4 Å². The lowest BCUT2D eigenvalue weighted by molar-refractivity contribution is -0.122.